The predicted octanol–water partition coefficient (Wildman–Crippen LogP) is 3.93. The van der Waals surface area contributed by atoms with Crippen LogP contribution in [0.3, 0.4) is 0 Å². The van der Waals surface area contributed by atoms with Gasteiger partial charge in [0.05, 0.1) is 6.61 Å². The second-order valence-electron chi connectivity index (χ2n) is 3.73. The van der Waals surface area contributed by atoms with Crippen LogP contribution in [0.1, 0.15) is 51.9 Å². The van der Waals surface area contributed by atoms with E-state index in [9.17, 15) is 0 Å². The Kier molecular flexibility index (Phi) is 23.4. The third kappa shape index (κ3) is 19.5. The van der Waals surface area contributed by atoms with Crippen molar-refractivity contribution in [3.63, 3.8) is 0 Å². The highest BCUT2D eigenvalue weighted by atomic mass is 32.2. The van der Waals surface area contributed by atoms with Crippen LogP contribution >= 0.6 is 11.8 Å². The van der Waals surface area contributed by atoms with E-state index in [1.165, 1.54) is 44.9 Å². The fourth-order valence-electron chi connectivity index (χ4n) is 1.41. The maximum absolute atomic E-state index is 8.00. The summed E-state index contributed by atoms with van der Waals surface area (Å²) < 4.78 is 5.48. The predicted molar refractivity (Wildman–Crippen MR) is 74.3 cm³/mol. The third-order valence-electron chi connectivity index (χ3n) is 2.32. The maximum atomic E-state index is 8.00. The fourth-order valence-corrected chi connectivity index (χ4v) is 1.69. The van der Waals surface area contributed by atoms with Crippen LogP contribution in [0, 0.1) is 0 Å². The fraction of sp³-hybridized carbons (Fsp3) is 0.923. The zero-order valence-electron chi connectivity index (χ0n) is 11.0. The van der Waals surface area contributed by atoms with Crippen molar-refractivity contribution >= 4 is 18.6 Å². The maximum Gasteiger partial charge on any atom is 0.106 e. The normalized spacial score (nSPS) is 9.62. The van der Waals surface area contributed by atoms with E-state index in [4.69, 9.17) is 9.53 Å². The van der Waals surface area contributed by atoms with Gasteiger partial charge in [0, 0.05) is 12.4 Å². The largest absolute Gasteiger partial charge is 0.381 e. The second-order valence-corrected chi connectivity index (χ2v) is 4.71. The van der Waals surface area contributed by atoms with Gasteiger partial charge in [-0.25, -0.2) is 0 Å². The molecule has 2 nitrogen and oxygen atoms in total. The molecule has 0 bridgehead atoms. The summed E-state index contributed by atoms with van der Waals surface area (Å²) in [4.78, 5) is 8.00. The molecule has 0 spiro atoms. The lowest BCUT2D eigenvalue weighted by Crippen LogP contribution is -1.98. The molecule has 0 N–H and O–H groups in total. The van der Waals surface area contributed by atoms with Gasteiger partial charge in [-0.1, -0.05) is 45.4 Å². The average Bonchev–Trinajstić information content (AvgIpc) is 2.34. The summed E-state index contributed by atoms with van der Waals surface area (Å²) in [5, 5.41) is 0. The van der Waals surface area contributed by atoms with Crippen LogP contribution < -0.4 is 0 Å². The molecule has 0 radical (unpaired) electrons. The third-order valence-corrected chi connectivity index (χ3v) is 2.90. The molecule has 0 fully saturated rings. The van der Waals surface area contributed by atoms with Crippen LogP contribution in [-0.2, 0) is 9.53 Å². The van der Waals surface area contributed by atoms with Crippen molar-refractivity contribution in [2.24, 2.45) is 0 Å². The molecule has 0 amide bonds. The van der Waals surface area contributed by atoms with Gasteiger partial charge >= 0.3 is 0 Å². The number of hydrogen-bond donors (Lipinski definition) is 0. The molecule has 98 valence electrons. The van der Waals surface area contributed by atoms with Crippen LogP contribution in [0.2, 0.25) is 0 Å². The van der Waals surface area contributed by atoms with Crippen molar-refractivity contribution in [1.29, 1.82) is 0 Å². The van der Waals surface area contributed by atoms with Crippen molar-refractivity contribution in [3.05, 3.63) is 0 Å². The van der Waals surface area contributed by atoms with E-state index in [1.807, 2.05) is 18.6 Å². The summed E-state index contributed by atoms with van der Waals surface area (Å²) in [5.41, 5.74) is 0. The Labute approximate surface area is 106 Å². The average molecular weight is 248 g/mol. The number of rotatable bonds is 11. The summed E-state index contributed by atoms with van der Waals surface area (Å²) in [6, 6.07) is 0. The lowest BCUT2D eigenvalue weighted by molar-refractivity contribution is -0.0979. The van der Waals surface area contributed by atoms with Crippen molar-refractivity contribution in [3.8, 4) is 0 Å². The Morgan fingerprint density at radius 1 is 0.938 bits per heavy atom. The van der Waals surface area contributed by atoms with Gasteiger partial charge < -0.3 is 9.53 Å². The molecule has 0 heterocycles. The van der Waals surface area contributed by atoms with E-state index in [2.05, 4.69) is 13.2 Å². The lowest BCUT2D eigenvalue weighted by Gasteiger charge is -2.03. The molecule has 0 aromatic carbocycles. The zero-order valence-corrected chi connectivity index (χ0v) is 11.8. The van der Waals surface area contributed by atoms with Gasteiger partial charge in [-0.2, -0.15) is 11.8 Å². The molecule has 3 heteroatoms. The Morgan fingerprint density at radius 3 is 2.06 bits per heavy atom. The molecule has 0 saturated heterocycles. The smallest absolute Gasteiger partial charge is 0.106 e. The van der Waals surface area contributed by atoms with Gasteiger partial charge in [0.25, 0.3) is 0 Å². The van der Waals surface area contributed by atoms with Crippen LogP contribution in [-0.4, -0.2) is 32.0 Å². The number of carbonyl (C=O) groups is 1. The van der Waals surface area contributed by atoms with E-state index in [1.54, 1.807) is 0 Å². The van der Waals surface area contributed by atoms with Gasteiger partial charge in [-0.15, -0.1) is 0 Å². The van der Waals surface area contributed by atoms with E-state index in [0.29, 0.717) is 0 Å². The Morgan fingerprint density at radius 2 is 1.50 bits per heavy atom. The molecule has 0 aromatic rings. The molecule has 16 heavy (non-hydrogen) atoms. The van der Waals surface area contributed by atoms with Gasteiger partial charge in [-0.05, 0) is 12.7 Å². The Balaban J connectivity index is 0. The van der Waals surface area contributed by atoms with Gasteiger partial charge in [0.2, 0.25) is 0 Å². The first kappa shape index (κ1) is 18.3. The minimum Gasteiger partial charge on any atom is -0.381 e. The van der Waals surface area contributed by atoms with Gasteiger partial charge in [0.15, 0.2) is 0 Å². The summed E-state index contributed by atoms with van der Waals surface area (Å²) in [5.74, 6) is 1.14. The van der Waals surface area contributed by atoms with Crippen molar-refractivity contribution in [1.82, 2.24) is 0 Å². The summed E-state index contributed by atoms with van der Waals surface area (Å²) >= 11 is 1.85. The van der Waals surface area contributed by atoms with E-state index in [0.717, 1.165) is 19.0 Å². The first-order valence-corrected chi connectivity index (χ1v) is 7.66. The first-order valence-electron chi connectivity index (χ1n) is 6.27. The lowest BCUT2D eigenvalue weighted by atomic mass is 10.1. The first-order chi connectivity index (χ1) is 7.91. The number of thioether (sulfide) groups is 1. The van der Waals surface area contributed by atoms with Crippen LogP contribution in [0.5, 0.6) is 0 Å². The van der Waals surface area contributed by atoms with Crippen LogP contribution in [0.4, 0.5) is 0 Å². The van der Waals surface area contributed by atoms with Gasteiger partial charge in [-0.3, -0.25) is 0 Å². The molecule has 0 rings (SSSR count). The molecule has 0 aromatic heterocycles. The zero-order chi connectivity index (χ0) is 12.5. The Bertz CT molecular complexity index is 98.1. The number of ether oxygens (including phenoxy) is 1. The number of unbranched alkanes of at least 4 members (excludes halogenated alkanes) is 6. The quantitative estimate of drug-likeness (QED) is 0.518. The minimum atomic E-state index is 0.928. The van der Waals surface area contributed by atoms with Crippen LogP contribution in [0.15, 0.2) is 0 Å². The minimum absolute atomic E-state index is 0.928. The number of hydrogen-bond acceptors (Lipinski definition) is 3. The summed E-state index contributed by atoms with van der Waals surface area (Å²) in [6.45, 7) is 6.16. The highest BCUT2D eigenvalue weighted by molar-refractivity contribution is 7.98. The SMILES string of the molecule is C=O.CCCCCCCCCOCCSC. The second kappa shape index (κ2) is 20.4. The summed E-state index contributed by atoms with van der Waals surface area (Å²) in [7, 11) is 0. The monoisotopic (exact) mass is 248 g/mol. The topological polar surface area (TPSA) is 26.3 Å². The molecule has 0 aliphatic heterocycles. The molecule has 0 aliphatic rings. The van der Waals surface area contributed by atoms with Crippen LogP contribution in [0.25, 0.3) is 0 Å². The molecular formula is C13H28O2S. The molecule has 0 saturated carbocycles. The standard InChI is InChI=1S/C12H26OS.CH2O/c1-3-4-5-6-7-8-9-10-13-11-12-14-2;1-2/h3-12H2,1-2H3;1H2. The molecule has 0 atom stereocenters. The van der Waals surface area contributed by atoms with Gasteiger partial charge in [0.1, 0.15) is 6.79 Å². The summed E-state index contributed by atoms with van der Waals surface area (Å²) in [6.07, 6.45) is 11.7. The highest BCUT2D eigenvalue weighted by Gasteiger charge is 1.91. The number of carbonyl (C=O) groups excluding carboxylic acids is 1. The highest BCUT2D eigenvalue weighted by Crippen LogP contribution is 2.06. The van der Waals surface area contributed by atoms with E-state index < -0.39 is 0 Å². The van der Waals surface area contributed by atoms with E-state index in [-0.39, 0.29) is 0 Å². The molecular weight excluding hydrogens is 220 g/mol. The molecule has 0 aliphatic carbocycles. The van der Waals surface area contributed by atoms with Crippen molar-refractivity contribution < 1.29 is 9.53 Å². The molecule has 0 unspecified atom stereocenters. The van der Waals surface area contributed by atoms with Crippen molar-refractivity contribution in [2.45, 2.75) is 51.9 Å². The van der Waals surface area contributed by atoms with E-state index >= 15 is 0 Å². The van der Waals surface area contributed by atoms with Crippen molar-refractivity contribution in [2.75, 3.05) is 25.2 Å². The Hall–Kier alpha value is -0.0200.